The maximum Gasteiger partial charge on any atom is 0.469 e. The lowest BCUT2D eigenvalue weighted by atomic mass is 10.0. The summed E-state index contributed by atoms with van der Waals surface area (Å²) in [4.78, 5) is 41.5. The Labute approximate surface area is 137 Å². The zero-order valence-electron chi connectivity index (χ0n) is 12.9. The van der Waals surface area contributed by atoms with Crippen molar-refractivity contribution < 1.29 is 42.7 Å². The third kappa shape index (κ3) is 4.61. The number of phosphoric acid groups is 1. The molecule has 2 aliphatic rings. The fraction of sp³-hybridized carbons (Fsp3) is 0.667. The van der Waals surface area contributed by atoms with Crippen molar-refractivity contribution in [1.29, 1.82) is 0 Å². The lowest BCUT2D eigenvalue weighted by molar-refractivity contribution is -0.115. The van der Waals surface area contributed by atoms with E-state index in [4.69, 9.17) is 28.5 Å². The molecule has 1 fully saturated rings. The first-order valence-corrected chi connectivity index (χ1v) is 8.51. The summed E-state index contributed by atoms with van der Waals surface area (Å²) in [7, 11) is -2.09. The van der Waals surface area contributed by atoms with Crippen LogP contribution >= 0.6 is 7.82 Å². The molecule has 2 rings (SSSR count). The maximum absolute atomic E-state index is 11.8. The number of urea groups is 1. The first-order valence-electron chi connectivity index (χ1n) is 6.98. The van der Waals surface area contributed by atoms with Crippen LogP contribution in [-0.4, -0.2) is 66.6 Å². The lowest BCUT2D eigenvalue weighted by Crippen LogP contribution is -2.50. The smallest absolute Gasteiger partial charge is 0.376 e. The molecule has 0 radical (unpaired) electrons. The van der Waals surface area contributed by atoms with Crippen LogP contribution in [0.1, 0.15) is 6.42 Å². The summed E-state index contributed by atoms with van der Waals surface area (Å²) in [6.07, 6.45) is -2.29. The molecule has 0 aromatic heterocycles. The second kappa shape index (κ2) is 7.70. The van der Waals surface area contributed by atoms with Gasteiger partial charge in [0.25, 0.3) is 5.91 Å². The highest BCUT2D eigenvalue weighted by atomic mass is 31.2. The van der Waals surface area contributed by atoms with Gasteiger partial charge in [0.2, 0.25) is 0 Å². The number of rotatable bonds is 4. The van der Waals surface area contributed by atoms with E-state index in [2.05, 4.69) is 10.6 Å². The molecular weight excluding hydrogens is 347 g/mol. The quantitative estimate of drug-likeness (QED) is 0.459. The summed E-state index contributed by atoms with van der Waals surface area (Å²) in [6.45, 7) is 0. The molecule has 2 heterocycles. The fourth-order valence-electron chi connectivity index (χ4n) is 2.67. The highest BCUT2D eigenvalue weighted by Crippen LogP contribution is 2.42. The molecule has 136 valence electrons. The van der Waals surface area contributed by atoms with Crippen LogP contribution < -0.4 is 10.6 Å². The minimum Gasteiger partial charge on any atom is -0.376 e. The molecule has 5 atom stereocenters. The highest BCUT2D eigenvalue weighted by Gasteiger charge is 2.50. The van der Waals surface area contributed by atoms with Crippen molar-refractivity contribution in [3.8, 4) is 0 Å². The normalized spacial score (nSPS) is 35.8. The van der Waals surface area contributed by atoms with Gasteiger partial charge in [-0.2, -0.15) is 0 Å². The van der Waals surface area contributed by atoms with Gasteiger partial charge in [0.1, 0.15) is 24.4 Å². The summed E-state index contributed by atoms with van der Waals surface area (Å²) < 4.78 is 32.2. The van der Waals surface area contributed by atoms with E-state index in [1.807, 2.05) is 0 Å². The minimum absolute atomic E-state index is 0.0552. The van der Waals surface area contributed by atoms with Crippen molar-refractivity contribution in [2.24, 2.45) is 0 Å². The molecule has 0 aliphatic carbocycles. The summed E-state index contributed by atoms with van der Waals surface area (Å²) >= 11 is 0. The summed E-state index contributed by atoms with van der Waals surface area (Å²) in [5.41, 5.74) is 0. The monoisotopic (exact) mass is 366 g/mol. The van der Waals surface area contributed by atoms with Crippen molar-refractivity contribution in [3.63, 3.8) is 0 Å². The van der Waals surface area contributed by atoms with Gasteiger partial charge in [0.05, 0.1) is 0 Å². The van der Waals surface area contributed by atoms with Gasteiger partial charge in [-0.15, -0.1) is 0 Å². The van der Waals surface area contributed by atoms with Crippen LogP contribution in [0, 0.1) is 0 Å². The van der Waals surface area contributed by atoms with Crippen LogP contribution in [0.4, 0.5) is 4.79 Å². The number of phosphoric ester groups is 1. The van der Waals surface area contributed by atoms with Gasteiger partial charge in [-0.05, 0) is 12.5 Å². The average Bonchev–Trinajstić information content (AvgIpc) is 2.80. The third-order valence-corrected chi connectivity index (χ3v) is 4.13. The largest absolute Gasteiger partial charge is 0.469 e. The lowest BCUT2D eigenvalue weighted by Gasteiger charge is -2.27. The number of methoxy groups -OCH3 is 2. The molecule has 12 heteroatoms. The number of hydrogen-bond acceptors (Lipinski definition) is 7. The van der Waals surface area contributed by atoms with E-state index in [1.165, 1.54) is 20.3 Å². The first-order chi connectivity index (χ1) is 11.2. The van der Waals surface area contributed by atoms with E-state index in [0.29, 0.717) is 0 Å². The molecule has 0 spiro atoms. The number of hydrogen-bond donors (Lipinski definition) is 4. The Morgan fingerprint density at radius 1 is 1.25 bits per heavy atom. The molecule has 1 saturated heterocycles. The van der Waals surface area contributed by atoms with Crippen LogP contribution in [-0.2, 0) is 28.1 Å². The van der Waals surface area contributed by atoms with Crippen molar-refractivity contribution in [2.45, 2.75) is 37.1 Å². The summed E-state index contributed by atoms with van der Waals surface area (Å²) in [5.74, 6) is -0.697. The van der Waals surface area contributed by atoms with Crippen LogP contribution in [0.15, 0.2) is 12.2 Å². The number of ether oxygens (including phenoxy) is 3. The van der Waals surface area contributed by atoms with Crippen LogP contribution in [0.25, 0.3) is 0 Å². The zero-order valence-corrected chi connectivity index (χ0v) is 13.8. The number of carbonyl (C=O) groups excluding carboxylic acids is 2. The standard InChI is InChI=1S/C12H19N2O9P/c1-20-9-8-6(23-24(17,18)19)4-3-5-7(15)13-12(16)14-11(22-8)10(9)21-2/h3,5-6,8-11H,4H2,1-2H3,(H2,17,18,19)(H2,13,14,15,16)/b5-3-/t6-,8?,9?,10?,11?/m1/s1. The van der Waals surface area contributed by atoms with Crippen molar-refractivity contribution in [2.75, 3.05) is 14.2 Å². The van der Waals surface area contributed by atoms with Crippen molar-refractivity contribution in [3.05, 3.63) is 12.2 Å². The molecule has 4 N–H and O–H groups in total. The predicted octanol–water partition coefficient (Wildman–Crippen LogP) is -0.995. The molecule has 2 aliphatic heterocycles. The van der Waals surface area contributed by atoms with Gasteiger partial charge in [-0.25, -0.2) is 9.36 Å². The van der Waals surface area contributed by atoms with Gasteiger partial charge < -0.3 is 29.3 Å². The van der Waals surface area contributed by atoms with Gasteiger partial charge in [-0.3, -0.25) is 14.6 Å². The highest BCUT2D eigenvalue weighted by molar-refractivity contribution is 7.46. The Bertz CT molecular complexity index is 563. The molecule has 24 heavy (non-hydrogen) atoms. The van der Waals surface area contributed by atoms with Crippen molar-refractivity contribution >= 4 is 19.8 Å². The topological polar surface area (TPSA) is 153 Å². The van der Waals surface area contributed by atoms with Crippen molar-refractivity contribution in [1.82, 2.24) is 10.6 Å². The molecule has 0 aromatic rings. The molecule has 3 amide bonds. The second-order valence-electron chi connectivity index (χ2n) is 5.16. The van der Waals surface area contributed by atoms with E-state index in [9.17, 15) is 14.2 Å². The number of amides is 3. The fourth-order valence-corrected chi connectivity index (χ4v) is 3.23. The van der Waals surface area contributed by atoms with Gasteiger partial charge in [0.15, 0.2) is 6.23 Å². The Kier molecular flexibility index (Phi) is 6.10. The Hall–Kier alpha value is -1.33. The zero-order chi connectivity index (χ0) is 17.9. The number of nitrogens with one attached hydrogen (secondary N) is 2. The Morgan fingerprint density at radius 3 is 2.50 bits per heavy atom. The Morgan fingerprint density at radius 2 is 1.92 bits per heavy atom. The Balaban J connectivity index is 2.35. The number of imide groups is 1. The molecule has 0 aromatic carbocycles. The second-order valence-corrected chi connectivity index (χ2v) is 6.35. The van der Waals surface area contributed by atoms with Gasteiger partial charge >= 0.3 is 13.9 Å². The maximum atomic E-state index is 11.8. The van der Waals surface area contributed by atoms with E-state index < -0.39 is 50.4 Å². The predicted molar refractivity (Wildman–Crippen MR) is 77.6 cm³/mol. The van der Waals surface area contributed by atoms with Crippen LogP contribution in [0.5, 0.6) is 0 Å². The van der Waals surface area contributed by atoms with E-state index in [1.54, 1.807) is 0 Å². The summed E-state index contributed by atoms with van der Waals surface area (Å²) in [5, 5.41) is 4.46. The van der Waals surface area contributed by atoms with E-state index in [0.717, 1.165) is 6.08 Å². The molecule has 11 nitrogen and oxygen atoms in total. The van der Waals surface area contributed by atoms with E-state index in [-0.39, 0.29) is 6.42 Å². The molecule has 2 bridgehead atoms. The molecule has 4 unspecified atom stereocenters. The average molecular weight is 366 g/mol. The van der Waals surface area contributed by atoms with E-state index >= 15 is 0 Å². The van der Waals surface area contributed by atoms with Gasteiger partial charge in [0, 0.05) is 14.2 Å². The van der Waals surface area contributed by atoms with Crippen LogP contribution in [0.3, 0.4) is 0 Å². The third-order valence-electron chi connectivity index (χ3n) is 3.58. The summed E-state index contributed by atoms with van der Waals surface area (Å²) in [6, 6.07) is -0.804. The van der Waals surface area contributed by atoms with Gasteiger partial charge in [-0.1, -0.05) is 6.08 Å². The molecular formula is C12H19N2O9P. The number of fused-ring (bicyclic) bond motifs is 2. The van der Waals surface area contributed by atoms with Crippen LogP contribution in [0.2, 0.25) is 0 Å². The first kappa shape index (κ1) is 19.0. The number of carbonyl (C=O) groups is 2. The SMILES string of the molecule is COC1C2NC(=O)NC(=O)/C=C\C[C@@H](OP(=O)(O)O)C(O2)C1OC. The molecule has 0 saturated carbocycles. The minimum atomic E-state index is -4.83.